The Bertz CT molecular complexity index is 175. The highest BCUT2D eigenvalue weighted by molar-refractivity contribution is 5.37. The van der Waals surface area contributed by atoms with Gasteiger partial charge in [-0.1, -0.05) is 30.7 Å². The van der Waals surface area contributed by atoms with E-state index in [1.54, 1.807) is 12.2 Å². The predicted molar refractivity (Wildman–Crippen MR) is 41.9 cm³/mol. The van der Waals surface area contributed by atoms with Crippen molar-refractivity contribution in [2.45, 2.75) is 6.92 Å². The maximum atomic E-state index is 5.13. The minimum atomic E-state index is 0.854. The molecule has 0 saturated carbocycles. The van der Waals surface area contributed by atoms with Gasteiger partial charge < -0.3 is 0 Å². The van der Waals surface area contributed by atoms with Gasteiger partial charge in [-0.05, 0) is 13.0 Å². The number of terminal acetylenes is 1. The average Bonchev–Trinajstić information content (AvgIpc) is 1.88. The maximum absolute atomic E-state index is 5.13. The van der Waals surface area contributed by atoms with Crippen molar-refractivity contribution in [2.24, 2.45) is 0 Å². The quantitative estimate of drug-likeness (QED) is 0.385. The van der Waals surface area contributed by atoms with Crippen LogP contribution in [-0.2, 0) is 0 Å². The van der Waals surface area contributed by atoms with Gasteiger partial charge in [0, 0.05) is 5.57 Å². The van der Waals surface area contributed by atoms with Gasteiger partial charge in [-0.3, -0.25) is 0 Å². The van der Waals surface area contributed by atoms with Crippen LogP contribution in [0.5, 0.6) is 0 Å². The lowest BCUT2D eigenvalue weighted by molar-refractivity contribution is 1.67. The van der Waals surface area contributed by atoms with E-state index in [0.717, 1.165) is 5.57 Å². The Balaban J connectivity index is 4.19. The Morgan fingerprint density at radius 1 is 1.67 bits per heavy atom. The first-order valence-corrected chi connectivity index (χ1v) is 2.77. The fourth-order valence-corrected chi connectivity index (χ4v) is 0.458. The second kappa shape index (κ2) is 4.93. The molecule has 0 atom stereocenters. The number of hydrogen-bond donors (Lipinski definition) is 0. The highest BCUT2D eigenvalue weighted by atomic mass is 13.8. The molecule has 0 nitrogen and oxygen atoms in total. The molecule has 0 N–H and O–H groups in total. The third kappa shape index (κ3) is 3.37. The van der Waals surface area contributed by atoms with Crippen LogP contribution in [0, 0.1) is 12.3 Å². The van der Waals surface area contributed by atoms with E-state index in [0.29, 0.717) is 0 Å². The Labute approximate surface area is 56.6 Å². The molecule has 0 bridgehead atoms. The summed E-state index contributed by atoms with van der Waals surface area (Å²) in [6, 6.07) is 0. The van der Waals surface area contributed by atoms with Crippen molar-refractivity contribution in [3.8, 4) is 12.3 Å². The van der Waals surface area contributed by atoms with E-state index in [1.165, 1.54) is 0 Å². The number of rotatable bonds is 2. The van der Waals surface area contributed by atoms with E-state index in [9.17, 15) is 0 Å². The molecule has 0 aromatic heterocycles. The van der Waals surface area contributed by atoms with Crippen LogP contribution >= 0.6 is 0 Å². The maximum Gasteiger partial charge on any atom is 0.0239 e. The van der Waals surface area contributed by atoms with Gasteiger partial charge in [0.25, 0.3) is 0 Å². The van der Waals surface area contributed by atoms with Crippen LogP contribution in [0.25, 0.3) is 0 Å². The normalized spacial score (nSPS) is 11.3. The molecule has 0 amide bonds. The van der Waals surface area contributed by atoms with E-state index in [1.807, 2.05) is 19.1 Å². The molecule has 9 heavy (non-hydrogen) atoms. The van der Waals surface area contributed by atoms with E-state index in [2.05, 4.69) is 12.5 Å². The van der Waals surface area contributed by atoms with Gasteiger partial charge in [-0.15, -0.1) is 6.42 Å². The standard InChI is InChI=1S/C9H10/c1-4-7-9(6-3)8-5-2/h3-5,7-8H,1H2,2H3/b8-5-,9-7-. The van der Waals surface area contributed by atoms with Gasteiger partial charge in [-0.25, -0.2) is 0 Å². The zero-order valence-electron chi connectivity index (χ0n) is 5.59. The average molecular weight is 118 g/mol. The summed E-state index contributed by atoms with van der Waals surface area (Å²) in [5.74, 6) is 2.51. The Kier molecular flexibility index (Phi) is 4.26. The molecule has 0 unspecified atom stereocenters. The van der Waals surface area contributed by atoms with Crippen molar-refractivity contribution in [3.63, 3.8) is 0 Å². The number of hydrogen-bond acceptors (Lipinski definition) is 0. The van der Waals surface area contributed by atoms with E-state index < -0.39 is 0 Å². The lowest BCUT2D eigenvalue weighted by atomic mass is 10.2. The van der Waals surface area contributed by atoms with Crippen LogP contribution in [0.3, 0.4) is 0 Å². The molecule has 0 heterocycles. The monoisotopic (exact) mass is 118 g/mol. The van der Waals surface area contributed by atoms with Crippen molar-refractivity contribution in [1.29, 1.82) is 0 Å². The lowest BCUT2D eigenvalue weighted by Crippen LogP contribution is -1.66. The van der Waals surface area contributed by atoms with Crippen molar-refractivity contribution >= 4 is 0 Å². The number of allylic oxidation sites excluding steroid dienone is 5. The molecule has 46 valence electrons. The summed E-state index contributed by atoms with van der Waals surface area (Å²) in [5, 5.41) is 0. The minimum absolute atomic E-state index is 0.854. The van der Waals surface area contributed by atoms with E-state index in [4.69, 9.17) is 6.42 Å². The van der Waals surface area contributed by atoms with Gasteiger partial charge in [0.2, 0.25) is 0 Å². The van der Waals surface area contributed by atoms with Gasteiger partial charge >= 0.3 is 0 Å². The van der Waals surface area contributed by atoms with Crippen molar-refractivity contribution in [1.82, 2.24) is 0 Å². The first-order valence-electron chi connectivity index (χ1n) is 2.77. The molecule has 0 radical (unpaired) electrons. The van der Waals surface area contributed by atoms with Crippen molar-refractivity contribution in [3.05, 3.63) is 36.5 Å². The van der Waals surface area contributed by atoms with Crippen LogP contribution in [-0.4, -0.2) is 0 Å². The fraction of sp³-hybridized carbons (Fsp3) is 0.111. The summed E-state index contributed by atoms with van der Waals surface area (Å²) in [6.07, 6.45) is 12.4. The summed E-state index contributed by atoms with van der Waals surface area (Å²) in [4.78, 5) is 0. The predicted octanol–water partition coefficient (Wildman–Crippen LogP) is 2.31. The van der Waals surface area contributed by atoms with Crippen LogP contribution < -0.4 is 0 Å². The van der Waals surface area contributed by atoms with Gasteiger partial charge in [-0.2, -0.15) is 0 Å². The molecular weight excluding hydrogens is 108 g/mol. The summed E-state index contributed by atoms with van der Waals surface area (Å²) >= 11 is 0. The first kappa shape index (κ1) is 7.78. The highest BCUT2D eigenvalue weighted by Crippen LogP contribution is 1.93. The molecule has 0 fully saturated rings. The summed E-state index contributed by atoms with van der Waals surface area (Å²) in [6.45, 7) is 5.45. The van der Waals surface area contributed by atoms with Gasteiger partial charge in [0.1, 0.15) is 0 Å². The highest BCUT2D eigenvalue weighted by Gasteiger charge is 1.76. The second-order valence-electron chi connectivity index (χ2n) is 1.50. The third-order valence-electron chi connectivity index (χ3n) is 0.810. The zero-order chi connectivity index (χ0) is 7.11. The van der Waals surface area contributed by atoms with Gasteiger partial charge in [0.15, 0.2) is 0 Å². The summed E-state index contributed by atoms with van der Waals surface area (Å²) in [7, 11) is 0. The summed E-state index contributed by atoms with van der Waals surface area (Å²) in [5.41, 5.74) is 0.854. The first-order chi connectivity index (χ1) is 4.35. The molecule has 0 aromatic carbocycles. The molecule has 0 heteroatoms. The molecule has 0 aliphatic heterocycles. The smallest absolute Gasteiger partial charge is 0.0239 e. The van der Waals surface area contributed by atoms with E-state index in [-0.39, 0.29) is 0 Å². The zero-order valence-corrected chi connectivity index (χ0v) is 5.59. The minimum Gasteiger partial charge on any atom is -0.115 e. The van der Waals surface area contributed by atoms with Crippen molar-refractivity contribution < 1.29 is 0 Å². The van der Waals surface area contributed by atoms with Crippen molar-refractivity contribution in [2.75, 3.05) is 0 Å². The van der Waals surface area contributed by atoms with Gasteiger partial charge in [0.05, 0.1) is 0 Å². The molecular formula is C9H10. The third-order valence-corrected chi connectivity index (χ3v) is 0.810. The topological polar surface area (TPSA) is 0 Å². The van der Waals surface area contributed by atoms with Crippen LogP contribution in [0.4, 0.5) is 0 Å². The molecule has 0 aromatic rings. The van der Waals surface area contributed by atoms with Crippen LogP contribution in [0.1, 0.15) is 6.92 Å². The fourth-order valence-electron chi connectivity index (χ4n) is 0.458. The Hall–Kier alpha value is -1.22. The molecule has 0 saturated heterocycles. The molecule has 0 aliphatic carbocycles. The summed E-state index contributed by atoms with van der Waals surface area (Å²) < 4.78 is 0. The van der Waals surface area contributed by atoms with Crippen LogP contribution in [0.2, 0.25) is 0 Å². The Morgan fingerprint density at radius 3 is 2.67 bits per heavy atom. The molecule has 0 rings (SSSR count). The second-order valence-corrected chi connectivity index (χ2v) is 1.50. The Morgan fingerprint density at radius 2 is 2.33 bits per heavy atom. The van der Waals surface area contributed by atoms with Crippen LogP contribution in [0.15, 0.2) is 36.5 Å². The molecule has 0 aliphatic rings. The lowest BCUT2D eigenvalue weighted by Gasteiger charge is -1.82. The largest absolute Gasteiger partial charge is 0.115 e. The van der Waals surface area contributed by atoms with E-state index >= 15 is 0 Å². The SMILES string of the molecule is C#CC(/C=C\C)=C/C=C. The molecule has 0 spiro atoms.